The highest BCUT2D eigenvalue weighted by molar-refractivity contribution is 7.22. The van der Waals surface area contributed by atoms with Crippen LogP contribution in [0.5, 0.6) is 0 Å². The first-order chi connectivity index (χ1) is 13.7. The molecule has 0 spiro atoms. The number of nitrogens with zero attached hydrogens (tertiary/aromatic N) is 5. The third-order valence-corrected chi connectivity index (χ3v) is 5.49. The van der Waals surface area contributed by atoms with E-state index in [9.17, 15) is 9.59 Å². The highest BCUT2D eigenvalue weighted by Crippen LogP contribution is 2.26. The molecule has 3 heterocycles. The molecule has 0 aliphatic heterocycles. The Morgan fingerprint density at radius 3 is 2.83 bits per heavy atom. The van der Waals surface area contributed by atoms with Crippen LogP contribution in [0.4, 0.5) is 5.13 Å². The van der Waals surface area contributed by atoms with Crippen LogP contribution in [0.3, 0.4) is 0 Å². The molecular formula is C20H22N6O2S. The van der Waals surface area contributed by atoms with E-state index in [1.807, 2.05) is 45.9 Å². The van der Waals surface area contributed by atoms with Gasteiger partial charge in [0.2, 0.25) is 5.91 Å². The fourth-order valence-electron chi connectivity index (χ4n) is 3.09. The first-order valence-electron chi connectivity index (χ1n) is 9.33. The van der Waals surface area contributed by atoms with E-state index in [0.717, 1.165) is 15.8 Å². The molecule has 150 valence electrons. The van der Waals surface area contributed by atoms with Gasteiger partial charge in [-0.2, -0.15) is 5.10 Å². The van der Waals surface area contributed by atoms with Gasteiger partial charge < -0.3 is 5.32 Å². The van der Waals surface area contributed by atoms with Crippen molar-refractivity contribution in [3.05, 3.63) is 46.6 Å². The lowest BCUT2D eigenvalue weighted by Gasteiger charge is -2.19. The average Bonchev–Trinajstić information content (AvgIpc) is 3.24. The molecule has 9 heteroatoms. The van der Waals surface area contributed by atoms with Crippen LogP contribution >= 0.6 is 11.3 Å². The van der Waals surface area contributed by atoms with Crippen LogP contribution in [-0.2, 0) is 16.9 Å². The van der Waals surface area contributed by atoms with Crippen molar-refractivity contribution in [2.75, 3.05) is 5.32 Å². The Bertz CT molecular complexity index is 1280. The maximum absolute atomic E-state index is 12.7. The van der Waals surface area contributed by atoms with Crippen molar-refractivity contribution in [1.29, 1.82) is 0 Å². The molecule has 0 aliphatic rings. The van der Waals surface area contributed by atoms with Crippen LogP contribution in [0.1, 0.15) is 32.8 Å². The van der Waals surface area contributed by atoms with Gasteiger partial charge in [-0.3, -0.25) is 14.2 Å². The van der Waals surface area contributed by atoms with Crippen LogP contribution < -0.4 is 10.9 Å². The van der Waals surface area contributed by atoms with E-state index in [2.05, 4.69) is 20.4 Å². The lowest BCUT2D eigenvalue weighted by molar-refractivity contribution is -0.116. The van der Waals surface area contributed by atoms with Gasteiger partial charge in [0.1, 0.15) is 5.39 Å². The molecule has 0 unspecified atom stereocenters. The number of hydrogen-bond donors (Lipinski definition) is 1. The largest absolute Gasteiger partial charge is 0.302 e. The molecule has 8 nitrogen and oxygen atoms in total. The van der Waals surface area contributed by atoms with Gasteiger partial charge in [0.15, 0.2) is 10.8 Å². The zero-order valence-electron chi connectivity index (χ0n) is 16.8. The fourth-order valence-corrected chi connectivity index (χ4v) is 4.07. The van der Waals surface area contributed by atoms with Crippen LogP contribution in [0.25, 0.3) is 21.3 Å². The van der Waals surface area contributed by atoms with E-state index in [0.29, 0.717) is 16.2 Å². The van der Waals surface area contributed by atoms with Crippen LogP contribution in [0.2, 0.25) is 0 Å². The number of anilines is 1. The summed E-state index contributed by atoms with van der Waals surface area (Å²) in [6.07, 6.45) is 3.16. The van der Waals surface area contributed by atoms with E-state index in [-0.39, 0.29) is 30.0 Å². The molecule has 0 radical (unpaired) electrons. The zero-order valence-corrected chi connectivity index (χ0v) is 17.6. The second-order valence-electron chi connectivity index (χ2n) is 8.00. The molecule has 1 aromatic carbocycles. The number of carbonyl (C=O) groups is 1. The third kappa shape index (κ3) is 3.77. The smallest absolute Gasteiger partial charge is 0.264 e. The molecule has 1 N–H and O–H groups in total. The molecule has 0 bridgehead atoms. The van der Waals surface area contributed by atoms with Crippen molar-refractivity contribution in [2.24, 2.45) is 0 Å². The number of fused-ring (bicyclic) bond motifs is 2. The van der Waals surface area contributed by atoms with Crippen LogP contribution in [0.15, 0.2) is 35.5 Å². The number of amides is 1. The highest BCUT2D eigenvalue weighted by atomic mass is 32.1. The summed E-state index contributed by atoms with van der Waals surface area (Å²) >= 11 is 1.44. The van der Waals surface area contributed by atoms with Crippen molar-refractivity contribution in [2.45, 2.75) is 46.2 Å². The Hall–Kier alpha value is -3.07. The Morgan fingerprint density at radius 1 is 1.28 bits per heavy atom. The summed E-state index contributed by atoms with van der Waals surface area (Å²) in [6, 6.07) is 5.97. The number of rotatable bonds is 4. The molecule has 0 saturated heterocycles. The Labute approximate surface area is 171 Å². The third-order valence-electron chi connectivity index (χ3n) is 4.56. The molecular weight excluding hydrogens is 388 g/mol. The van der Waals surface area contributed by atoms with E-state index in [1.54, 1.807) is 4.68 Å². The van der Waals surface area contributed by atoms with E-state index in [1.165, 1.54) is 28.4 Å². The number of nitrogens with one attached hydrogen (secondary N) is 1. The zero-order chi connectivity index (χ0) is 20.8. The summed E-state index contributed by atoms with van der Waals surface area (Å²) in [4.78, 5) is 33.9. The van der Waals surface area contributed by atoms with Gasteiger partial charge in [0.25, 0.3) is 5.56 Å². The first-order valence-corrected chi connectivity index (χ1v) is 10.1. The minimum absolute atomic E-state index is 0.148. The summed E-state index contributed by atoms with van der Waals surface area (Å²) in [5.41, 5.74) is 2.08. The second-order valence-corrected chi connectivity index (χ2v) is 9.03. The molecule has 0 fully saturated rings. The molecule has 4 aromatic rings. The summed E-state index contributed by atoms with van der Waals surface area (Å²) in [6.45, 7) is 8.25. The number of carbonyl (C=O) groups excluding carboxylic acids is 1. The monoisotopic (exact) mass is 410 g/mol. The van der Waals surface area contributed by atoms with Crippen LogP contribution in [-0.4, -0.2) is 30.2 Å². The number of benzene rings is 1. The summed E-state index contributed by atoms with van der Waals surface area (Å²) in [5, 5.41) is 8.13. The van der Waals surface area contributed by atoms with Gasteiger partial charge in [0, 0.05) is 13.0 Å². The normalized spacial score (nSPS) is 12.0. The summed E-state index contributed by atoms with van der Waals surface area (Å²) in [7, 11) is 0. The molecule has 29 heavy (non-hydrogen) atoms. The molecule has 4 rings (SSSR count). The maximum atomic E-state index is 12.7. The van der Waals surface area contributed by atoms with Crippen molar-refractivity contribution in [3.63, 3.8) is 0 Å². The first kappa shape index (κ1) is 19.3. The lowest BCUT2D eigenvalue weighted by atomic mass is 10.1. The standard InChI is InChI=1S/C20H22N6O2S/c1-12-5-6-14-15(9-12)29-19(23-14)24-16(27)7-8-25-11-21-17-13(18(25)28)10-22-26(17)20(2,3)4/h5-6,9-11H,7-8H2,1-4H3,(H,23,24,27). The van der Waals surface area contributed by atoms with E-state index >= 15 is 0 Å². The quantitative estimate of drug-likeness (QED) is 0.557. The van der Waals surface area contributed by atoms with Gasteiger partial charge in [-0.05, 0) is 45.4 Å². The van der Waals surface area contributed by atoms with Gasteiger partial charge in [-0.15, -0.1) is 0 Å². The molecule has 0 aliphatic carbocycles. The van der Waals surface area contributed by atoms with Crippen LogP contribution in [0, 0.1) is 6.92 Å². The molecule has 0 saturated carbocycles. The minimum atomic E-state index is -0.275. The van der Waals surface area contributed by atoms with Crippen molar-refractivity contribution < 1.29 is 4.79 Å². The predicted octanol–water partition coefficient (Wildman–Crippen LogP) is 3.29. The Kier molecular flexibility index (Phi) is 4.70. The molecule has 1 amide bonds. The number of aromatic nitrogens is 5. The van der Waals surface area contributed by atoms with Gasteiger partial charge >= 0.3 is 0 Å². The van der Waals surface area contributed by atoms with Gasteiger partial charge in [0.05, 0.1) is 28.3 Å². The highest BCUT2D eigenvalue weighted by Gasteiger charge is 2.20. The summed E-state index contributed by atoms with van der Waals surface area (Å²) < 4.78 is 4.20. The fraction of sp³-hybridized carbons (Fsp3) is 0.350. The minimum Gasteiger partial charge on any atom is -0.302 e. The SMILES string of the molecule is Cc1ccc2nc(NC(=O)CCn3cnc4c(cnn4C(C)(C)C)c3=O)sc2c1. The van der Waals surface area contributed by atoms with Gasteiger partial charge in [-0.25, -0.2) is 14.6 Å². The molecule has 3 aromatic heterocycles. The maximum Gasteiger partial charge on any atom is 0.264 e. The lowest BCUT2D eigenvalue weighted by Crippen LogP contribution is -2.26. The van der Waals surface area contributed by atoms with E-state index in [4.69, 9.17) is 0 Å². The Morgan fingerprint density at radius 2 is 2.07 bits per heavy atom. The molecule has 0 atom stereocenters. The number of aryl methyl sites for hydroxylation is 2. The predicted molar refractivity (Wildman–Crippen MR) is 114 cm³/mol. The van der Waals surface area contributed by atoms with Crippen molar-refractivity contribution >= 4 is 43.6 Å². The number of hydrogen-bond acceptors (Lipinski definition) is 6. The Balaban J connectivity index is 1.48. The summed E-state index contributed by atoms with van der Waals surface area (Å²) in [5.74, 6) is -0.196. The van der Waals surface area contributed by atoms with Crippen molar-refractivity contribution in [3.8, 4) is 0 Å². The van der Waals surface area contributed by atoms with E-state index < -0.39 is 0 Å². The topological polar surface area (TPSA) is 94.7 Å². The second kappa shape index (κ2) is 7.07. The number of thiazole rings is 1. The van der Waals surface area contributed by atoms with Gasteiger partial charge in [-0.1, -0.05) is 17.4 Å². The van der Waals surface area contributed by atoms with Crippen molar-refractivity contribution in [1.82, 2.24) is 24.3 Å². The average molecular weight is 411 g/mol.